The minimum Gasteiger partial charge on any atom is -0.389 e. The molecule has 1 saturated carbocycles. The molecular weight excluding hydrogens is 668 g/mol. The third-order valence-electron chi connectivity index (χ3n) is 10.9. The normalized spacial score (nSPS) is 47.5. The van der Waals surface area contributed by atoms with Gasteiger partial charge in [0.05, 0.1) is 36.0 Å². The SMILES string of the molecule is CC(C)(C)C[C@H]1OC(O[C@@H]2C(C(C)(C)C)[C@H](N)CC(N)[C@H]2O[C@@H]2OC(CN)[C@@H](O)[C@H](O)C2N)[C@@H](O)[C@H]1OC(C)(C)[C@H]1O[C@@H](CN)[C@@H](O)C(O)C1N. The molecule has 0 aromatic rings. The van der Waals surface area contributed by atoms with Crippen LogP contribution in [0.15, 0.2) is 0 Å². The molecule has 0 amide bonds. The molecule has 4 aliphatic rings. The molecule has 3 saturated heterocycles. The summed E-state index contributed by atoms with van der Waals surface area (Å²) in [4.78, 5) is 0. The molecule has 0 bridgehead atoms. The van der Waals surface area contributed by atoms with Crippen molar-refractivity contribution in [2.24, 2.45) is 51.1 Å². The predicted molar refractivity (Wildman–Crippen MR) is 186 cm³/mol. The topological polar surface area (TPSA) is 313 Å². The molecule has 51 heavy (non-hydrogen) atoms. The lowest BCUT2D eigenvalue weighted by Crippen LogP contribution is -2.68. The van der Waals surface area contributed by atoms with Crippen molar-refractivity contribution in [1.29, 1.82) is 0 Å². The highest BCUT2D eigenvalue weighted by atomic mass is 16.7. The zero-order valence-electron chi connectivity index (χ0n) is 31.4. The van der Waals surface area contributed by atoms with Gasteiger partial charge in [0.25, 0.3) is 0 Å². The zero-order valence-corrected chi connectivity index (χ0v) is 31.4. The van der Waals surface area contributed by atoms with Crippen LogP contribution in [0.3, 0.4) is 0 Å². The Morgan fingerprint density at radius 1 is 0.588 bits per heavy atom. The van der Waals surface area contributed by atoms with Crippen LogP contribution in [0.25, 0.3) is 0 Å². The van der Waals surface area contributed by atoms with Crippen molar-refractivity contribution in [3.8, 4) is 0 Å². The summed E-state index contributed by atoms with van der Waals surface area (Å²) in [5.74, 6) is -0.369. The molecule has 0 aromatic carbocycles. The van der Waals surface area contributed by atoms with E-state index in [1.54, 1.807) is 13.8 Å². The van der Waals surface area contributed by atoms with E-state index in [1.807, 2.05) is 41.5 Å². The summed E-state index contributed by atoms with van der Waals surface area (Å²) in [5.41, 5.74) is 35.8. The van der Waals surface area contributed by atoms with Crippen molar-refractivity contribution < 1.29 is 54.0 Å². The van der Waals surface area contributed by atoms with Crippen LogP contribution >= 0.6 is 0 Å². The first-order valence-electron chi connectivity index (χ1n) is 18.2. The lowest BCUT2D eigenvalue weighted by Gasteiger charge is -2.51. The Hall–Kier alpha value is -0.680. The van der Waals surface area contributed by atoms with Gasteiger partial charge in [-0.2, -0.15) is 0 Å². The van der Waals surface area contributed by atoms with Crippen molar-refractivity contribution in [3.63, 3.8) is 0 Å². The summed E-state index contributed by atoms with van der Waals surface area (Å²) >= 11 is 0. The van der Waals surface area contributed by atoms with Crippen molar-refractivity contribution >= 4 is 0 Å². The maximum atomic E-state index is 12.0. The molecule has 19 atom stereocenters. The van der Waals surface area contributed by atoms with Gasteiger partial charge in [-0.1, -0.05) is 41.5 Å². The molecule has 3 heterocycles. The van der Waals surface area contributed by atoms with Gasteiger partial charge in [-0.3, -0.25) is 0 Å². The second-order valence-electron chi connectivity index (χ2n) is 17.9. The molecule has 4 fully saturated rings. The monoisotopic (exact) mass is 736 g/mol. The zero-order chi connectivity index (χ0) is 38.5. The first-order valence-corrected chi connectivity index (χ1v) is 18.2. The molecule has 17 heteroatoms. The first-order chi connectivity index (χ1) is 23.4. The molecule has 1 aliphatic carbocycles. The molecule has 300 valence electrons. The maximum Gasteiger partial charge on any atom is 0.186 e. The Morgan fingerprint density at radius 3 is 1.63 bits per heavy atom. The van der Waals surface area contributed by atoms with Crippen LogP contribution in [0, 0.1) is 16.7 Å². The van der Waals surface area contributed by atoms with Crippen LogP contribution in [0.4, 0.5) is 0 Å². The number of aliphatic hydroxyl groups is 5. The van der Waals surface area contributed by atoms with Crippen LogP contribution in [-0.2, 0) is 28.4 Å². The molecular formula is C34H68N6O11. The van der Waals surface area contributed by atoms with Crippen molar-refractivity contribution in [3.05, 3.63) is 0 Å². The lowest BCUT2D eigenvalue weighted by atomic mass is 9.66. The number of nitrogens with two attached hydrogens (primary N) is 6. The van der Waals surface area contributed by atoms with Crippen molar-refractivity contribution in [2.75, 3.05) is 13.1 Å². The molecule has 0 aromatic heterocycles. The number of rotatable bonds is 10. The molecule has 0 spiro atoms. The summed E-state index contributed by atoms with van der Waals surface area (Å²) < 4.78 is 38.3. The number of aliphatic hydroxyl groups excluding tert-OH is 5. The minimum absolute atomic E-state index is 0.0533. The van der Waals surface area contributed by atoms with Gasteiger partial charge in [-0.25, -0.2) is 0 Å². The smallest absolute Gasteiger partial charge is 0.186 e. The van der Waals surface area contributed by atoms with Gasteiger partial charge < -0.3 is 88.4 Å². The van der Waals surface area contributed by atoms with E-state index in [9.17, 15) is 25.5 Å². The summed E-state index contributed by atoms with van der Waals surface area (Å²) in [5, 5.41) is 54.3. The van der Waals surface area contributed by atoms with Gasteiger partial charge in [0.2, 0.25) is 0 Å². The van der Waals surface area contributed by atoms with Crippen LogP contribution in [-0.4, -0.2) is 154 Å². The average molecular weight is 737 g/mol. The van der Waals surface area contributed by atoms with Crippen LogP contribution in [0.5, 0.6) is 0 Å². The Morgan fingerprint density at radius 2 is 1.10 bits per heavy atom. The minimum atomic E-state index is -1.37. The Kier molecular flexibility index (Phi) is 13.7. The third kappa shape index (κ3) is 9.24. The van der Waals surface area contributed by atoms with Crippen LogP contribution < -0.4 is 34.4 Å². The fourth-order valence-electron chi connectivity index (χ4n) is 8.30. The van der Waals surface area contributed by atoms with E-state index in [4.69, 9.17) is 62.8 Å². The predicted octanol–water partition coefficient (Wildman–Crippen LogP) is -3.33. The fourth-order valence-corrected chi connectivity index (χ4v) is 8.30. The van der Waals surface area contributed by atoms with Gasteiger partial charge in [0, 0.05) is 31.1 Å². The molecule has 7 unspecified atom stereocenters. The standard InChI is InChI=1S/C34H68N6O11/c1-32(2,3)10-15-27(51-34(7,8)29-19(39)23(43)21(41)16(11-35)46-29)25(45)31(47-15)50-28-18(33(4,5)6)13(37)9-14(38)26(28)49-30-20(40)24(44)22(42)17(12-36)48-30/h13-31,41-45H,9-12,35-40H2,1-8H3/t13-,14?,15-,16+,17?,18?,19?,20?,21-,22-,23?,24-,25+,26-,27+,28-,29+,30+,31?/m1/s1. The van der Waals surface area contributed by atoms with E-state index in [1.165, 1.54) is 0 Å². The Balaban J connectivity index is 1.65. The summed E-state index contributed by atoms with van der Waals surface area (Å²) in [6.07, 6.45) is -14.3. The number of hydrogen-bond acceptors (Lipinski definition) is 17. The summed E-state index contributed by atoms with van der Waals surface area (Å²) in [6, 6.07) is -3.24. The van der Waals surface area contributed by atoms with Crippen molar-refractivity contribution in [2.45, 2.75) is 184 Å². The highest BCUT2D eigenvalue weighted by molar-refractivity contribution is 5.06. The third-order valence-corrected chi connectivity index (χ3v) is 10.9. The largest absolute Gasteiger partial charge is 0.389 e. The molecule has 17 N–H and O–H groups in total. The molecule has 3 aliphatic heterocycles. The van der Waals surface area contributed by atoms with E-state index in [0.717, 1.165) is 0 Å². The van der Waals surface area contributed by atoms with Crippen LogP contribution in [0.2, 0.25) is 0 Å². The Bertz CT molecular complexity index is 1130. The first kappa shape index (κ1) is 43.1. The highest BCUT2D eigenvalue weighted by Gasteiger charge is 2.57. The van der Waals surface area contributed by atoms with E-state index in [2.05, 4.69) is 0 Å². The average Bonchev–Trinajstić information content (AvgIpc) is 3.27. The highest BCUT2D eigenvalue weighted by Crippen LogP contribution is 2.44. The molecule has 17 nitrogen and oxygen atoms in total. The van der Waals surface area contributed by atoms with E-state index >= 15 is 0 Å². The lowest BCUT2D eigenvalue weighted by molar-refractivity contribution is -0.306. The van der Waals surface area contributed by atoms with E-state index in [0.29, 0.717) is 12.8 Å². The Labute approximate surface area is 301 Å². The maximum absolute atomic E-state index is 12.0. The number of hydrogen-bond donors (Lipinski definition) is 11. The van der Waals surface area contributed by atoms with Gasteiger partial charge >= 0.3 is 0 Å². The summed E-state index contributed by atoms with van der Waals surface area (Å²) in [6.45, 7) is 15.5. The van der Waals surface area contributed by atoms with Gasteiger partial charge in [-0.15, -0.1) is 0 Å². The van der Waals surface area contributed by atoms with Crippen molar-refractivity contribution in [1.82, 2.24) is 0 Å². The fraction of sp³-hybridized carbons (Fsp3) is 1.00. The molecule has 4 rings (SSSR count). The quantitative estimate of drug-likeness (QED) is 0.104. The van der Waals surface area contributed by atoms with Gasteiger partial charge in [0.1, 0.15) is 54.9 Å². The van der Waals surface area contributed by atoms with Gasteiger partial charge in [0.15, 0.2) is 12.6 Å². The number of ether oxygens (including phenoxy) is 6. The summed E-state index contributed by atoms with van der Waals surface area (Å²) in [7, 11) is 0. The second kappa shape index (κ2) is 16.2. The molecule has 0 radical (unpaired) electrons. The van der Waals surface area contributed by atoms with E-state index in [-0.39, 0.29) is 24.4 Å². The van der Waals surface area contributed by atoms with Gasteiger partial charge in [-0.05, 0) is 37.5 Å². The van der Waals surface area contributed by atoms with Crippen LogP contribution in [0.1, 0.15) is 68.2 Å². The van der Waals surface area contributed by atoms with E-state index < -0.39 is 121 Å². The second-order valence-corrected chi connectivity index (χ2v) is 17.9.